The molecule has 1 aliphatic heterocycles. The molecule has 0 unspecified atom stereocenters. The molecule has 0 saturated carbocycles. The van der Waals surface area contributed by atoms with E-state index in [9.17, 15) is 13.2 Å². The number of rotatable bonds is 10. The van der Waals surface area contributed by atoms with Crippen molar-refractivity contribution in [3.8, 4) is 0 Å². The highest BCUT2D eigenvalue weighted by Gasteiger charge is 2.18. The fourth-order valence-electron chi connectivity index (χ4n) is 4.10. The Hall–Kier alpha value is -3.04. The second-order valence-electron chi connectivity index (χ2n) is 8.70. The molecule has 1 fully saturated rings. The Morgan fingerprint density at radius 2 is 1.40 bits per heavy atom. The van der Waals surface area contributed by atoms with Crippen LogP contribution in [0.15, 0.2) is 89.8 Å². The van der Waals surface area contributed by atoms with E-state index in [4.69, 9.17) is 0 Å². The normalized spacial score (nSPS) is 15.1. The van der Waals surface area contributed by atoms with Crippen molar-refractivity contribution in [2.45, 2.75) is 18.0 Å². The van der Waals surface area contributed by atoms with Gasteiger partial charge < -0.3 is 5.32 Å². The molecule has 0 aromatic heterocycles. The maximum Gasteiger partial charge on any atom is 0.251 e. The van der Waals surface area contributed by atoms with Crippen molar-refractivity contribution >= 4 is 15.9 Å². The predicted octanol–water partition coefficient (Wildman–Crippen LogP) is 2.71. The highest BCUT2D eigenvalue weighted by molar-refractivity contribution is 7.89. The number of carbonyl (C=O) groups is 1. The fraction of sp³-hybridized carbons (Fsp3) is 0.296. The topological polar surface area (TPSA) is 81.8 Å². The van der Waals surface area contributed by atoms with Gasteiger partial charge in [0, 0.05) is 57.9 Å². The quantitative estimate of drug-likeness (QED) is 0.455. The number of hydrogen-bond donors (Lipinski definition) is 2. The Morgan fingerprint density at radius 3 is 2.09 bits per heavy atom. The summed E-state index contributed by atoms with van der Waals surface area (Å²) in [6.07, 6.45) is 0. The minimum Gasteiger partial charge on any atom is -0.351 e. The molecule has 7 nitrogen and oxygen atoms in total. The van der Waals surface area contributed by atoms with E-state index in [0.717, 1.165) is 44.8 Å². The largest absolute Gasteiger partial charge is 0.351 e. The van der Waals surface area contributed by atoms with Crippen molar-refractivity contribution in [2.24, 2.45) is 0 Å². The van der Waals surface area contributed by atoms with Gasteiger partial charge in [-0.15, -0.1) is 0 Å². The third-order valence-corrected chi connectivity index (χ3v) is 7.54. The maximum atomic E-state index is 12.7. The molecule has 1 aliphatic rings. The molecule has 8 heteroatoms. The molecule has 1 amide bonds. The molecule has 0 atom stereocenters. The Morgan fingerprint density at radius 1 is 0.771 bits per heavy atom. The van der Waals surface area contributed by atoms with Crippen molar-refractivity contribution in [3.63, 3.8) is 0 Å². The molecule has 184 valence electrons. The molecular weight excluding hydrogens is 460 g/mol. The summed E-state index contributed by atoms with van der Waals surface area (Å²) in [5, 5.41) is 2.92. The second kappa shape index (κ2) is 12.1. The van der Waals surface area contributed by atoms with Crippen LogP contribution >= 0.6 is 0 Å². The van der Waals surface area contributed by atoms with Gasteiger partial charge in [-0.25, -0.2) is 13.1 Å². The Balaban J connectivity index is 1.22. The van der Waals surface area contributed by atoms with Gasteiger partial charge in [0.2, 0.25) is 10.0 Å². The standard InChI is InChI=1S/C27H32N4O3S/c32-27(28-14-15-30-16-18-31(19-17-30)22-24-10-5-2-6-11-24)25-12-7-13-26(20-25)35(33,34)29-21-23-8-3-1-4-9-23/h1-13,20,29H,14-19,21-22H2,(H,28,32). The van der Waals surface area contributed by atoms with Crippen molar-refractivity contribution in [1.29, 1.82) is 0 Å². The summed E-state index contributed by atoms with van der Waals surface area (Å²) in [4.78, 5) is 17.5. The lowest BCUT2D eigenvalue weighted by molar-refractivity contribution is 0.0934. The molecular formula is C27H32N4O3S. The molecule has 4 rings (SSSR count). The first-order valence-electron chi connectivity index (χ1n) is 11.9. The van der Waals surface area contributed by atoms with Crippen molar-refractivity contribution in [3.05, 3.63) is 102 Å². The van der Waals surface area contributed by atoms with Crippen molar-refractivity contribution < 1.29 is 13.2 Å². The van der Waals surface area contributed by atoms with Crippen LogP contribution in [-0.4, -0.2) is 63.4 Å². The summed E-state index contributed by atoms with van der Waals surface area (Å²) in [6.45, 7) is 6.36. The Kier molecular flexibility index (Phi) is 8.65. The second-order valence-corrected chi connectivity index (χ2v) is 10.5. The molecule has 1 saturated heterocycles. The fourth-order valence-corrected chi connectivity index (χ4v) is 5.17. The number of hydrogen-bond acceptors (Lipinski definition) is 5. The van der Waals surface area contributed by atoms with E-state index in [-0.39, 0.29) is 17.3 Å². The smallest absolute Gasteiger partial charge is 0.251 e. The summed E-state index contributed by atoms with van der Waals surface area (Å²) in [7, 11) is -3.72. The van der Waals surface area contributed by atoms with Crippen LogP contribution in [0.2, 0.25) is 0 Å². The van der Waals surface area contributed by atoms with Crippen molar-refractivity contribution in [2.75, 3.05) is 39.3 Å². The summed E-state index contributed by atoms with van der Waals surface area (Å²) in [6, 6.07) is 25.9. The summed E-state index contributed by atoms with van der Waals surface area (Å²) in [5.74, 6) is -0.271. The van der Waals surface area contributed by atoms with Gasteiger partial charge in [0.1, 0.15) is 0 Å². The van der Waals surface area contributed by atoms with E-state index >= 15 is 0 Å². The third kappa shape index (κ3) is 7.47. The van der Waals surface area contributed by atoms with E-state index in [1.54, 1.807) is 12.1 Å². The van der Waals surface area contributed by atoms with Gasteiger partial charge in [0.25, 0.3) is 5.91 Å². The predicted molar refractivity (Wildman–Crippen MR) is 137 cm³/mol. The zero-order valence-electron chi connectivity index (χ0n) is 19.8. The summed E-state index contributed by atoms with van der Waals surface area (Å²) >= 11 is 0. The van der Waals surface area contributed by atoms with Gasteiger partial charge >= 0.3 is 0 Å². The first-order chi connectivity index (χ1) is 17.0. The Bertz CT molecular complexity index is 1200. The minimum atomic E-state index is -3.72. The number of nitrogens with zero attached hydrogens (tertiary/aromatic N) is 2. The molecule has 1 heterocycles. The van der Waals surface area contributed by atoms with Crippen LogP contribution in [0, 0.1) is 0 Å². The van der Waals surface area contributed by atoms with Gasteiger partial charge in [-0.2, -0.15) is 0 Å². The first-order valence-corrected chi connectivity index (χ1v) is 13.4. The molecule has 0 spiro atoms. The first kappa shape index (κ1) is 25.1. The molecule has 0 radical (unpaired) electrons. The number of carbonyl (C=O) groups excluding carboxylic acids is 1. The number of amides is 1. The number of benzene rings is 3. The highest BCUT2D eigenvalue weighted by Crippen LogP contribution is 2.13. The van der Waals surface area contributed by atoms with Crippen LogP contribution in [0.25, 0.3) is 0 Å². The average molecular weight is 493 g/mol. The van der Waals surface area contributed by atoms with Crippen LogP contribution in [0.5, 0.6) is 0 Å². The minimum absolute atomic E-state index is 0.0793. The van der Waals surface area contributed by atoms with E-state index < -0.39 is 10.0 Å². The zero-order chi connectivity index (χ0) is 24.5. The number of piperazine rings is 1. The van der Waals surface area contributed by atoms with E-state index in [1.807, 2.05) is 36.4 Å². The third-order valence-electron chi connectivity index (χ3n) is 6.14. The van der Waals surface area contributed by atoms with E-state index in [2.05, 4.69) is 44.1 Å². The highest BCUT2D eigenvalue weighted by atomic mass is 32.2. The number of nitrogens with one attached hydrogen (secondary N) is 2. The molecule has 35 heavy (non-hydrogen) atoms. The monoisotopic (exact) mass is 492 g/mol. The van der Waals surface area contributed by atoms with Gasteiger partial charge in [-0.05, 0) is 29.3 Å². The lowest BCUT2D eigenvalue weighted by Crippen LogP contribution is -2.48. The zero-order valence-corrected chi connectivity index (χ0v) is 20.6. The molecule has 2 N–H and O–H groups in total. The van der Waals surface area contributed by atoms with Crippen LogP contribution in [-0.2, 0) is 23.1 Å². The van der Waals surface area contributed by atoms with Gasteiger partial charge in [-0.3, -0.25) is 14.6 Å². The Labute approximate surface area is 207 Å². The van der Waals surface area contributed by atoms with Crippen LogP contribution in [0.3, 0.4) is 0 Å². The van der Waals surface area contributed by atoms with E-state index in [0.29, 0.717) is 12.1 Å². The average Bonchev–Trinajstić information content (AvgIpc) is 2.90. The lowest BCUT2D eigenvalue weighted by Gasteiger charge is -2.34. The summed E-state index contributed by atoms with van der Waals surface area (Å²) < 4.78 is 28.0. The van der Waals surface area contributed by atoms with Gasteiger partial charge in [-0.1, -0.05) is 66.7 Å². The van der Waals surface area contributed by atoms with Crippen molar-refractivity contribution in [1.82, 2.24) is 19.8 Å². The van der Waals surface area contributed by atoms with Crippen LogP contribution < -0.4 is 10.0 Å². The van der Waals surface area contributed by atoms with Crippen LogP contribution in [0.1, 0.15) is 21.5 Å². The van der Waals surface area contributed by atoms with Crippen LogP contribution in [0.4, 0.5) is 0 Å². The molecule has 0 aliphatic carbocycles. The molecule has 3 aromatic carbocycles. The number of sulfonamides is 1. The molecule has 0 bridgehead atoms. The summed E-state index contributed by atoms with van der Waals surface area (Å²) in [5.41, 5.74) is 2.53. The van der Waals surface area contributed by atoms with E-state index in [1.165, 1.54) is 17.7 Å². The lowest BCUT2D eigenvalue weighted by atomic mass is 10.2. The molecule has 3 aromatic rings. The maximum absolute atomic E-state index is 12.7. The van der Waals surface area contributed by atoms with Gasteiger partial charge in [0.15, 0.2) is 0 Å². The van der Waals surface area contributed by atoms with Gasteiger partial charge in [0.05, 0.1) is 4.90 Å². The SMILES string of the molecule is O=C(NCCN1CCN(Cc2ccccc2)CC1)c1cccc(S(=O)(=O)NCc2ccccc2)c1.